The Hall–Kier alpha value is -2.30. The molecule has 0 bridgehead atoms. The number of hydrogen-bond donors (Lipinski definition) is 1. The number of carbonyl (C=O) groups is 1. The zero-order valence-electron chi connectivity index (χ0n) is 13.6. The summed E-state index contributed by atoms with van der Waals surface area (Å²) < 4.78 is 18.8. The standard InChI is InChI=1S/C18H21FN2O2/c1-11-8-17(13(3)23-11)12(2)20-18(22)21-7-6-14-9-16(19)5-4-15(14)10-21/h4-5,8-9,12H,6-7,10H2,1-3H3,(H,20,22). The molecule has 0 saturated heterocycles. The summed E-state index contributed by atoms with van der Waals surface area (Å²) in [4.78, 5) is 14.2. The van der Waals surface area contributed by atoms with Gasteiger partial charge in [-0.05, 0) is 56.5 Å². The highest BCUT2D eigenvalue weighted by Crippen LogP contribution is 2.23. The molecule has 23 heavy (non-hydrogen) atoms. The maximum atomic E-state index is 13.2. The molecule has 1 aliphatic rings. The second-order valence-electron chi connectivity index (χ2n) is 6.12. The van der Waals surface area contributed by atoms with Crippen LogP contribution in [0.25, 0.3) is 0 Å². The van der Waals surface area contributed by atoms with Crippen LogP contribution in [0.15, 0.2) is 28.7 Å². The second-order valence-corrected chi connectivity index (χ2v) is 6.12. The molecular formula is C18H21FN2O2. The number of aryl methyl sites for hydroxylation is 2. The first-order chi connectivity index (χ1) is 10.9. The monoisotopic (exact) mass is 316 g/mol. The number of fused-ring (bicyclic) bond motifs is 1. The SMILES string of the molecule is Cc1cc(C(C)NC(=O)N2CCc3cc(F)ccc3C2)c(C)o1. The molecule has 2 heterocycles. The number of urea groups is 1. The zero-order valence-corrected chi connectivity index (χ0v) is 13.6. The second kappa shape index (κ2) is 6.07. The van der Waals surface area contributed by atoms with Gasteiger partial charge < -0.3 is 14.6 Å². The van der Waals surface area contributed by atoms with Gasteiger partial charge in [-0.2, -0.15) is 0 Å². The molecule has 3 rings (SSSR count). The van der Waals surface area contributed by atoms with Crippen LogP contribution in [0.5, 0.6) is 0 Å². The predicted octanol–water partition coefficient (Wildman–Crippen LogP) is 3.86. The van der Waals surface area contributed by atoms with Gasteiger partial charge in [0, 0.05) is 18.7 Å². The van der Waals surface area contributed by atoms with E-state index in [0.717, 1.165) is 28.2 Å². The summed E-state index contributed by atoms with van der Waals surface area (Å²) in [6.07, 6.45) is 0.679. The van der Waals surface area contributed by atoms with Gasteiger partial charge in [0.15, 0.2) is 0 Å². The number of nitrogens with one attached hydrogen (secondary N) is 1. The smallest absolute Gasteiger partial charge is 0.318 e. The lowest BCUT2D eigenvalue weighted by molar-refractivity contribution is 0.189. The number of hydrogen-bond acceptors (Lipinski definition) is 2. The highest BCUT2D eigenvalue weighted by molar-refractivity contribution is 5.75. The molecule has 2 amide bonds. The average Bonchev–Trinajstić information content (AvgIpc) is 2.85. The van der Waals surface area contributed by atoms with Gasteiger partial charge >= 0.3 is 6.03 Å². The quantitative estimate of drug-likeness (QED) is 0.914. The first kappa shape index (κ1) is 15.6. The van der Waals surface area contributed by atoms with Crippen molar-refractivity contribution in [2.75, 3.05) is 6.54 Å². The number of rotatable bonds is 2. The molecule has 5 heteroatoms. The van der Waals surface area contributed by atoms with Gasteiger partial charge in [0.2, 0.25) is 0 Å². The maximum absolute atomic E-state index is 13.2. The molecule has 1 atom stereocenters. The van der Waals surface area contributed by atoms with Gasteiger partial charge in [-0.15, -0.1) is 0 Å². The molecule has 1 aliphatic heterocycles. The minimum absolute atomic E-state index is 0.106. The number of benzene rings is 1. The first-order valence-corrected chi connectivity index (χ1v) is 7.83. The molecular weight excluding hydrogens is 295 g/mol. The number of amides is 2. The Kier molecular flexibility index (Phi) is 4.11. The van der Waals surface area contributed by atoms with Crippen molar-refractivity contribution in [1.82, 2.24) is 10.2 Å². The van der Waals surface area contributed by atoms with E-state index in [-0.39, 0.29) is 17.9 Å². The van der Waals surface area contributed by atoms with Gasteiger partial charge in [0.1, 0.15) is 17.3 Å². The fourth-order valence-electron chi connectivity index (χ4n) is 3.13. The van der Waals surface area contributed by atoms with Gasteiger partial charge in [-0.3, -0.25) is 0 Å². The van der Waals surface area contributed by atoms with Gasteiger partial charge in [0.25, 0.3) is 0 Å². The van der Waals surface area contributed by atoms with Crippen LogP contribution in [0.3, 0.4) is 0 Å². The van der Waals surface area contributed by atoms with Crippen molar-refractivity contribution >= 4 is 6.03 Å². The van der Waals surface area contributed by atoms with Crippen molar-refractivity contribution in [2.24, 2.45) is 0 Å². The summed E-state index contributed by atoms with van der Waals surface area (Å²) in [7, 11) is 0. The van der Waals surface area contributed by atoms with Crippen LogP contribution >= 0.6 is 0 Å². The molecule has 1 N–H and O–H groups in total. The Morgan fingerprint density at radius 3 is 2.78 bits per heavy atom. The summed E-state index contributed by atoms with van der Waals surface area (Å²) in [5, 5.41) is 3.02. The minimum atomic E-state index is -0.221. The Morgan fingerprint density at radius 2 is 2.09 bits per heavy atom. The van der Waals surface area contributed by atoms with E-state index in [1.807, 2.05) is 26.8 Å². The minimum Gasteiger partial charge on any atom is -0.466 e. The normalized spacial score (nSPS) is 15.2. The van der Waals surface area contributed by atoms with Crippen LogP contribution in [0.1, 0.15) is 41.2 Å². The maximum Gasteiger partial charge on any atom is 0.318 e. The van der Waals surface area contributed by atoms with Crippen molar-refractivity contribution in [2.45, 2.75) is 39.8 Å². The molecule has 2 aromatic rings. The van der Waals surface area contributed by atoms with E-state index >= 15 is 0 Å². The van der Waals surface area contributed by atoms with Crippen molar-refractivity contribution < 1.29 is 13.6 Å². The van der Waals surface area contributed by atoms with Crippen LogP contribution in [0, 0.1) is 19.7 Å². The van der Waals surface area contributed by atoms with Crippen LogP contribution in [0.4, 0.5) is 9.18 Å². The van der Waals surface area contributed by atoms with E-state index in [0.29, 0.717) is 19.5 Å². The molecule has 0 spiro atoms. The topological polar surface area (TPSA) is 45.5 Å². The predicted molar refractivity (Wildman–Crippen MR) is 85.6 cm³/mol. The molecule has 0 radical (unpaired) electrons. The highest BCUT2D eigenvalue weighted by Gasteiger charge is 2.23. The summed E-state index contributed by atoms with van der Waals surface area (Å²) in [6, 6.07) is 6.50. The van der Waals surface area contributed by atoms with Gasteiger partial charge in [0.05, 0.1) is 6.04 Å². The van der Waals surface area contributed by atoms with Crippen LogP contribution in [-0.2, 0) is 13.0 Å². The van der Waals surface area contributed by atoms with Gasteiger partial charge in [-0.1, -0.05) is 6.07 Å². The molecule has 1 aromatic carbocycles. The van der Waals surface area contributed by atoms with Crippen LogP contribution in [-0.4, -0.2) is 17.5 Å². The Balaban J connectivity index is 1.67. The third-order valence-corrected chi connectivity index (χ3v) is 4.35. The van der Waals surface area contributed by atoms with E-state index in [9.17, 15) is 9.18 Å². The number of carbonyl (C=O) groups excluding carboxylic acids is 1. The average molecular weight is 316 g/mol. The summed E-state index contributed by atoms with van der Waals surface area (Å²) in [5.41, 5.74) is 2.99. The Morgan fingerprint density at radius 1 is 1.30 bits per heavy atom. The van der Waals surface area contributed by atoms with Crippen molar-refractivity contribution in [1.29, 1.82) is 0 Å². The van der Waals surface area contributed by atoms with Crippen molar-refractivity contribution in [3.8, 4) is 0 Å². The lowest BCUT2D eigenvalue weighted by atomic mass is 10.00. The molecule has 122 valence electrons. The largest absolute Gasteiger partial charge is 0.466 e. The van der Waals surface area contributed by atoms with E-state index in [1.165, 1.54) is 6.07 Å². The fraction of sp³-hybridized carbons (Fsp3) is 0.389. The summed E-state index contributed by atoms with van der Waals surface area (Å²) in [5.74, 6) is 1.45. The molecule has 0 saturated carbocycles. The van der Waals surface area contributed by atoms with Crippen molar-refractivity contribution in [3.05, 3.63) is 58.3 Å². The number of nitrogens with zero attached hydrogens (tertiary/aromatic N) is 1. The van der Waals surface area contributed by atoms with E-state index in [2.05, 4.69) is 5.32 Å². The first-order valence-electron chi connectivity index (χ1n) is 7.83. The molecule has 1 unspecified atom stereocenters. The van der Waals surface area contributed by atoms with Crippen LogP contribution < -0.4 is 5.32 Å². The molecule has 0 fully saturated rings. The van der Waals surface area contributed by atoms with Crippen molar-refractivity contribution in [3.63, 3.8) is 0 Å². The van der Waals surface area contributed by atoms with E-state index in [4.69, 9.17) is 4.42 Å². The lowest BCUT2D eigenvalue weighted by Gasteiger charge is -2.30. The lowest BCUT2D eigenvalue weighted by Crippen LogP contribution is -2.43. The third-order valence-electron chi connectivity index (χ3n) is 4.35. The zero-order chi connectivity index (χ0) is 16.6. The molecule has 1 aromatic heterocycles. The Bertz CT molecular complexity index is 739. The number of halogens is 1. The van der Waals surface area contributed by atoms with E-state index < -0.39 is 0 Å². The Labute approximate surface area is 135 Å². The molecule has 0 aliphatic carbocycles. The number of furan rings is 1. The van der Waals surface area contributed by atoms with Crippen LogP contribution in [0.2, 0.25) is 0 Å². The van der Waals surface area contributed by atoms with E-state index in [1.54, 1.807) is 17.0 Å². The van der Waals surface area contributed by atoms with Gasteiger partial charge in [-0.25, -0.2) is 9.18 Å². The highest BCUT2D eigenvalue weighted by atomic mass is 19.1. The molecule has 4 nitrogen and oxygen atoms in total. The third kappa shape index (κ3) is 3.23. The fourth-order valence-corrected chi connectivity index (χ4v) is 3.13. The summed E-state index contributed by atoms with van der Waals surface area (Å²) >= 11 is 0. The summed E-state index contributed by atoms with van der Waals surface area (Å²) in [6.45, 7) is 6.85.